The summed E-state index contributed by atoms with van der Waals surface area (Å²) in [6.45, 7) is 3.74. The van der Waals surface area contributed by atoms with Gasteiger partial charge in [-0.3, -0.25) is 0 Å². The molecule has 0 unspecified atom stereocenters. The third kappa shape index (κ3) is 4.89. The van der Waals surface area contributed by atoms with E-state index in [1.165, 1.54) is 5.56 Å². The van der Waals surface area contributed by atoms with Gasteiger partial charge in [-0.05, 0) is 12.1 Å². The first-order chi connectivity index (χ1) is 4.83. The Hall–Kier alpha value is 0.124. The van der Waals surface area contributed by atoms with Gasteiger partial charge in [0.05, 0.1) is 0 Å². The van der Waals surface area contributed by atoms with E-state index in [1.54, 1.807) is 12.1 Å². The average Bonchev–Trinajstić information content (AvgIpc) is 1.95. The maximum absolute atomic E-state index is 8.91. The van der Waals surface area contributed by atoms with Gasteiger partial charge >= 0.3 is 32.7 Å². The van der Waals surface area contributed by atoms with E-state index >= 15 is 0 Å². The summed E-state index contributed by atoms with van der Waals surface area (Å²) >= 11 is 0. The summed E-state index contributed by atoms with van der Waals surface area (Å²) < 4.78 is 0. The maximum atomic E-state index is 8.91. The van der Waals surface area contributed by atoms with Gasteiger partial charge in [-0.15, -0.1) is 0 Å². The molecule has 1 N–H and O–H groups in total. The van der Waals surface area contributed by atoms with E-state index in [4.69, 9.17) is 5.11 Å². The van der Waals surface area contributed by atoms with Gasteiger partial charge in [0.25, 0.3) is 0 Å². The minimum atomic E-state index is 0. The molecule has 12 heavy (non-hydrogen) atoms. The Morgan fingerprint density at radius 3 is 2.08 bits per heavy atom. The van der Waals surface area contributed by atoms with Crippen LogP contribution in [0.25, 0.3) is 0 Å². The fourth-order valence-corrected chi connectivity index (χ4v) is 0.867. The second kappa shape index (κ2) is 7.76. The predicted molar refractivity (Wildman–Crippen MR) is 48.2 cm³/mol. The normalized spacial score (nSPS) is 8.08. The molecule has 1 nitrogen and oxygen atoms in total. The molecule has 0 heterocycles. The standard InChI is InChI=1S/C9H11O.CH3.Y/c1-2-3-8-4-6-9(10)7-5-8;;/h4-7,10H,1-3H2;1H3;/q2*-1;+3. The van der Waals surface area contributed by atoms with Gasteiger partial charge in [0.1, 0.15) is 5.75 Å². The molecule has 2 heteroatoms. The summed E-state index contributed by atoms with van der Waals surface area (Å²) in [5, 5.41) is 8.91. The number of aryl methyl sites for hydroxylation is 1. The zero-order valence-electron chi connectivity index (χ0n) is 7.46. The van der Waals surface area contributed by atoms with Crippen molar-refractivity contribution in [1.82, 2.24) is 0 Å². The smallest absolute Gasteiger partial charge is 0.508 e. The van der Waals surface area contributed by atoms with Crippen molar-refractivity contribution in [1.29, 1.82) is 0 Å². The monoisotopic (exact) mass is 239 g/mol. The molecule has 0 fully saturated rings. The Balaban J connectivity index is 0. The fourth-order valence-electron chi connectivity index (χ4n) is 0.867. The Morgan fingerprint density at radius 1 is 1.17 bits per heavy atom. The van der Waals surface area contributed by atoms with Gasteiger partial charge in [-0.25, -0.2) is 0 Å². The quantitative estimate of drug-likeness (QED) is 0.786. The molecule has 0 spiro atoms. The molecule has 0 aromatic heterocycles. The van der Waals surface area contributed by atoms with E-state index in [0.717, 1.165) is 12.8 Å². The SMILES string of the molecule is [CH2-]CCc1ccc(O)cc1.[CH3-].[Y+3]. The largest absolute Gasteiger partial charge is 3.00 e. The van der Waals surface area contributed by atoms with Gasteiger partial charge in [0.2, 0.25) is 0 Å². The van der Waals surface area contributed by atoms with Crippen molar-refractivity contribution in [2.75, 3.05) is 0 Å². The molecule has 0 saturated heterocycles. The molecule has 0 atom stereocenters. The molecule has 0 aliphatic carbocycles. The van der Waals surface area contributed by atoms with E-state index in [9.17, 15) is 0 Å². The zero-order chi connectivity index (χ0) is 7.40. The first-order valence-corrected chi connectivity index (χ1v) is 3.40. The number of hydrogen-bond donors (Lipinski definition) is 1. The molecule has 0 saturated carbocycles. The summed E-state index contributed by atoms with van der Waals surface area (Å²) in [6, 6.07) is 7.23. The molecule has 0 radical (unpaired) electrons. The molecular formula is C10H14OY+. The molecule has 0 amide bonds. The molecule has 1 aromatic carbocycles. The number of aromatic hydroxyl groups is 1. The van der Waals surface area contributed by atoms with Crippen molar-refractivity contribution >= 4 is 0 Å². The second-order valence-electron chi connectivity index (χ2n) is 2.27. The van der Waals surface area contributed by atoms with Crippen LogP contribution in [-0.4, -0.2) is 5.11 Å². The average molecular weight is 239 g/mol. The Labute approximate surface area is 100 Å². The number of phenolic OH excluding ortho intramolecular Hbond substituents is 1. The molecule has 1 rings (SSSR count). The van der Waals surface area contributed by atoms with Crippen LogP contribution in [0.3, 0.4) is 0 Å². The van der Waals surface area contributed by atoms with Crippen molar-refractivity contribution in [2.45, 2.75) is 12.8 Å². The third-order valence-corrected chi connectivity index (χ3v) is 1.40. The summed E-state index contributed by atoms with van der Waals surface area (Å²) in [7, 11) is 0. The van der Waals surface area contributed by atoms with Crippen LogP contribution >= 0.6 is 0 Å². The van der Waals surface area contributed by atoms with E-state index in [1.807, 2.05) is 12.1 Å². The van der Waals surface area contributed by atoms with Crippen LogP contribution in [-0.2, 0) is 39.1 Å². The molecule has 0 aliphatic rings. The number of hydrogen-bond acceptors (Lipinski definition) is 1. The van der Waals surface area contributed by atoms with E-state index in [0.29, 0.717) is 5.75 Å². The van der Waals surface area contributed by atoms with Gasteiger partial charge in [-0.2, -0.15) is 6.42 Å². The molecular weight excluding hydrogens is 225 g/mol. The van der Waals surface area contributed by atoms with E-state index < -0.39 is 0 Å². The molecule has 0 aliphatic heterocycles. The van der Waals surface area contributed by atoms with Crippen molar-refractivity contribution in [2.24, 2.45) is 0 Å². The summed E-state index contributed by atoms with van der Waals surface area (Å²) in [6.07, 6.45) is 1.89. The van der Waals surface area contributed by atoms with Crippen molar-refractivity contribution in [3.63, 3.8) is 0 Å². The van der Waals surface area contributed by atoms with Crippen molar-refractivity contribution < 1.29 is 37.8 Å². The van der Waals surface area contributed by atoms with Crippen LogP contribution in [0.4, 0.5) is 0 Å². The minimum absolute atomic E-state index is 0. The van der Waals surface area contributed by atoms with Gasteiger partial charge < -0.3 is 19.5 Å². The molecule has 1 aromatic rings. The molecule has 0 bridgehead atoms. The topological polar surface area (TPSA) is 20.2 Å². The first-order valence-electron chi connectivity index (χ1n) is 3.40. The van der Waals surface area contributed by atoms with E-state index in [2.05, 4.69) is 6.92 Å². The Bertz CT molecular complexity index is 193. The van der Waals surface area contributed by atoms with Crippen LogP contribution in [0.5, 0.6) is 5.75 Å². The summed E-state index contributed by atoms with van der Waals surface area (Å²) in [4.78, 5) is 0. The van der Waals surface area contributed by atoms with Gasteiger partial charge in [0, 0.05) is 0 Å². The maximum Gasteiger partial charge on any atom is 3.00 e. The predicted octanol–water partition coefficient (Wildman–Crippen LogP) is 2.61. The van der Waals surface area contributed by atoms with Gasteiger partial charge in [-0.1, -0.05) is 24.1 Å². The number of benzene rings is 1. The Kier molecular flexibility index (Phi) is 9.46. The Morgan fingerprint density at radius 2 is 1.67 bits per heavy atom. The van der Waals surface area contributed by atoms with Crippen LogP contribution < -0.4 is 0 Å². The van der Waals surface area contributed by atoms with Crippen LogP contribution in [0.15, 0.2) is 24.3 Å². The third-order valence-electron chi connectivity index (χ3n) is 1.40. The summed E-state index contributed by atoms with van der Waals surface area (Å²) in [5.41, 5.74) is 1.23. The first kappa shape index (κ1) is 14.6. The zero-order valence-corrected chi connectivity index (χ0v) is 10.3. The molecule has 62 valence electrons. The summed E-state index contributed by atoms with van der Waals surface area (Å²) in [5.74, 6) is 0.327. The minimum Gasteiger partial charge on any atom is -0.508 e. The fraction of sp³-hybridized carbons (Fsp3) is 0.200. The number of phenols is 1. The van der Waals surface area contributed by atoms with Crippen LogP contribution in [0, 0.1) is 14.4 Å². The van der Waals surface area contributed by atoms with Crippen LogP contribution in [0.2, 0.25) is 0 Å². The van der Waals surface area contributed by atoms with Gasteiger partial charge in [0.15, 0.2) is 0 Å². The van der Waals surface area contributed by atoms with Crippen molar-refractivity contribution in [3.05, 3.63) is 44.2 Å². The second-order valence-corrected chi connectivity index (χ2v) is 2.27. The number of rotatable bonds is 2. The van der Waals surface area contributed by atoms with E-state index in [-0.39, 0.29) is 40.1 Å². The van der Waals surface area contributed by atoms with Crippen LogP contribution in [0.1, 0.15) is 12.0 Å². The van der Waals surface area contributed by atoms with Crippen molar-refractivity contribution in [3.8, 4) is 5.75 Å².